The minimum atomic E-state index is -0.863. The first-order valence-corrected chi connectivity index (χ1v) is 4.37. The van der Waals surface area contributed by atoms with Crippen LogP contribution in [0.25, 0.3) is 0 Å². The summed E-state index contributed by atoms with van der Waals surface area (Å²) in [4.78, 5) is 23.2. The van der Waals surface area contributed by atoms with Crippen LogP contribution in [0.5, 0.6) is 0 Å². The molecule has 0 aliphatic carbocycles. The summed E-state index contributed by atoms with van der Waals surface area (Å²) in [5.41, 5.74) is 0. The molecule has 1 rings (SSSR count). The van der Waals surface area contributed by atoms with E-state index in [1.807, 2.05) is 0 Å². The van der Waals surface area contributed by atoms with Crippen molar-refractivity contribution in [2.75, 3.05) is 19.6 Å². The molecule has 1 saturated heterocycles. The van der Waals surface area contributed by atoms with Gasteiger partial charge in [-0.05, 0) is 6.42 Å². The molecule has 0 spiro atoms. The molecule has 5 nitrogen and oxygen atoms in total. The molecule has 74 valence electrons. The maximum absolute atomic E-state index is 11.2. The van der Waals surface area contributed by atoms with Gasteiger partial charge in [0.2, 0.25) is 0 Å². The zero-order valence-electron chi connectivity index (χ0n) is 7.62. The smallest absolute Gasteiger partial charge is 0.317 e. The molecule has 2 amide bonds. The Morgan fingerprint density at radius 1 is 1.77 bits per heavy atom. The van der Waals surface area contributed by atoms with E-state index >= 15 is 0 Å². The summed E-state index contributed by atoms with van der Waals surface area (Å²) in [6.07, 6.45) is 0.887. The third kappa shape index (κ3) is 2.61. The van der Waals surface area contributed by atoms with Crippen molar-refractivity contribution in [1.29, 1.82) is 0 Å². The monoisotopic (exact) mass is 186 g/mol. The highest BCUT2D eigenvalue weighted by Gasteiger charge is 2.22. The van der Waals surface area contributed by atoms with Crippen LogP contribution in [0.3, 0.4) is 0 Å². The topological polar surface area (TPSA) is 69.6 Å². The quantitative estimate of drug-likeness (QED) is 0.657. The highest BCUT2D eigenvalue weighted by Crippen LogP contribution is 2.04. The Morgan fingerprint density at radius 2 is 2.46 bits per heavy atom. The minimum absolute atomic E-state index is 0.153. The van der Waals surface area contributed by atoms with E-state index in [2.05, 4.69) is 5.32 Å². The predicted molar refractivity (Wildman–Crippen MR) is 46.4 cm³/mol. The van der Waals surface area contributed by atoms with Gasteiger partial charge in [0.05, 0.1) is 5.92 Å². The Labute approximate surface area is 76.7 Å². The first kappa shape index (κ1) is 9.83. The third-order valence-corrected chi connectivity index (χ3v) is 2.08. The third-order valence-electron chi connectivity index (χ3n) is 2.08. The average Bonchev–Trinajstić information content (AvgIpc) is 2.08. The maximum atomic E-state index is 11.2. The van der Waals surface area contributed by atoms with Crippen molar-refractivity contribution < 1.29 is 14.7 Å². The minimum Gasteiger partial charge on any atom is -0.481 e. The molecule has 1 atom stereocenters. The van der Waals surface area contributed by atoms with Crippen molar-refractivity contribution in [3.63, 3.8) is 0 Å². The lowest BCUT2D eigenvalue weighted by atomic mass is 10.1. The van der Waals surface area contributed by atoms with Crippen LogP contribution in [-0.4, -0.2) is 41.6 Å². The molecule has 2 N–H and O–H groups in total. The molecule has 1 aliphatic heterocycles. The molecule has 0 aromatic rings. The molecule has 0 aromatic heterocycles. The van der Waals surface area contributed by atoms with Gasteiger partial charge in [-0.3, -0.25) is 4.79 Å². The molecule has 0 aromatic carbocycles. The number of carboxylic acids is 1. The van der Waals surface area contributed by atoms with Crippen molar-refractivity contribution in [3.05, 3.63) is 0 Å². The van der Waals surface area contributed by atoms with Crippen molar-refractivity contribution >= 4 is 12.0 Å². The highest BCUT2D eigenvalue weighted by atomic mass is 16.4. The van der Waals surface area contributed by atoms with Gasteiger partial charge in [0.1, 0.15) is 0 Å². The number of nitrogens with one attached hydrogen (secondary N) is 1. The second-order valence-electron chi connectivity index (χ2n) is 3.27. The van der Waals surface area contributed by atoms with E-state index in [1.54, 1.807) is 11.8 Å². The van der Waals surface area contributed by atoms with Crippen molar-refractivity contribution in [3.8, 4) is 0 Å². The number of rotatable bonds is 3. The summed E-state index contributed by atoms with van der Waals surface area (Å²) in [5.74, 6) is -1.36. The molecule has 0 bridgehead atoms. The number of carboxylic acid groups (broad SMARTS) is 1. The highest BCUT2D eigenvalue weighted by molar-refractivity contribution is 5.76. The summed E-state index contributed by atoms with van der Waals surface area (Å²) >= 11 is 0. The van der Waals surface area contributed by atoms with Crippen LogP contribution in [0, 0.1) is 5.92 Å². The lowest BCUT2D eigenvalue weighted by molar-refractivity contribution is -0.141. The molecule has 1 aliphatic rings. The van der Waals surface area contributed by atoms with Crippen LogP contribution in [0.15, 0.2) is 0 Å². The van der Waals surface area contributed by atoms with E-state index in [4.69, 9.17) is 5.11 Å². The van der Waals surface area contributed by atoms with Gasteiger partial charge in [-0.25, -0.2) is 4.79 Å². The number of hydrogen-bond donors (Lipinski definition) is 2. The van der Waals surface area contributed by atoms with Gasteiger partial charge in [-0.15, -0.1) is 0 Å². The van der Waals surface area contributed by atoms with E-state index in [9.17, 15) is 9.59 Å². The van der Waals surface area contributed by atoms with Crippen LogP contribution < -0.4 is 5.32 Å². The molecule has 1 unspecified atom stereocenters. The largest absolute Gasteiger partial charge is 0.481 e. The van der Waals surface area contributed by atoms with Gasteiger partial charge in [-0.2, -0.15) is 0 Å². The molecule has 0 saturated carbocycles. The molecule has 13 heavy (non-hydrogen) atoms. The van der Waals surface area contributed by atoms with E-state index in [-0.39, 0.29) is 6.03 Å². The van der Waals surface area contributed by atoms with Crippen molar-refractivity contribution in [2.45, 2.75) is 13.3 Å². The summed E-state index contributed by atoms with van der Waals surface area (Å²) < 4.78 is 0. The number of urea groups is 1. The maximum Gasteiger partial charge on any atom is 0.317 e. The number of hydrogen-bond acceptors (Lipinski definition) is 2. The fraction of sp³-hybridized carbons (Fsp3) is 0.750. The van der Waals surface area contributed by atoms with Gasteiger partial charge >= 0.3 is 12.0 Å². The van der Waals surface area contributed by atoms with Crippen LogP contribution in [0.4, 0.5) is 4.79 Å². The van der Waals surface area contributed by atoms with Crippen LogP contribution in [0.1, 0.15) is 13.3 Å². The number of amides is 2. The second-order valence-corrected chi connectivity index (χ2v) is 3.27. The Balaban J connectivity index is 2.42. The predicted octanol–water partition coefficient (Wildman–Crippen LogP) is 0.122. The molecular formula is C8H14N2O3. The summed E-state index contributed by atoms with van der Waals surface area (Å²) in [5, 5.41) is 11.3. The van der Waals surface area contributed by atoms with E-state index in [0.717, 1.165) is 6.42 Å². The number of nitrogens with zero attached hydrogens (tertiary/aromatic N) is 1. The average molecular weight is 186 g/mol. The van der Waals surface area contributed by atoms with Gasteiger partial charge in [0, 0.05) is 19.6 Å². The Morgan fingerprint density at radius 3 is 3.00 bits per heavy atom. The zero-order valence-corrected chi connectivity index (χ0v) is 7.62. The molecule has 0 radical (unpaired) electrons. The lowest BCUT2D eigenvalue weighted by Crippen LogP contribution is -2.48. The summed E-state index contributed by atoms with van der Waals surface area (Å²) in [6, 6.07) is -0.153. The summed E-state index contributed by atoms with van der Waals surface area (Å²) in [7, 11) is 0. The van der Waals surface area contributed by atoms with Crippen molar-refractivity contribution in [2.24, 2.45) is 5.92 Å². The molecule has 5 heteroatoms. The van der Waals surface area contributed by atoms with Crippen LogP contribution in [-0.2, 0) is 4.79 Å². The van der Waals surface area contributed by atoms with Gasteiger partial charge < -0.3 is 15.3 Å². The Bertz CT molecular complexity index is 217. The van der Waals surface area contributed by atoms with E-state index < -0.39 is 11.9 Å². The Kier molecular flexibility index (Phi) is 3.11. The number of carbonyl (C=O) groups is 2. The van der Waals surface area contributed by atoms with E-state index in [1.165, 1.54) is 0 Å². The van der Waals surface area contributed by atoms with E-state index in [0.29, 0.717) is 19.6 Å². The zero-order chi connectivity index (χ0) is 9.84. The van der Waals surface area contributed by atoms with Crippen molar-refractivity contribution in [1.82, 2.24) is 10.2 Å². The van der Waals surface area contributed by atoms with Crippen LogP contribution >= 0.6 is 0 Å². The first-order chi connectivity index (χ1) is 6.11. The normalized spacial score (nSPS) is 19.5. The second kappa shape index (κ2) is 4.11. The number of aliphatic carboxylic acids is 1. The standard InChI is InChI=1S/C8H14N2O3/c1-6(7(11)12)5-10-4-2-3-9-8(10)13/h6H,2-5H2,1H3,(H,9,13)(H,11,12). The fourth-order valence-electron chi connectivity index (χ4n) is 1.26. The first-order valence-electron chi connectivity index (χ1n) is 4.37. The Hall–Kier alpha value is -1.26. The SMILES string of the molecule is CC(CN1CCCNC1=O)C(=O)O. The van der Waals surface area contributed by atoms with Gasteiger partial charge in [0.15, 0.2) is 0 Å². The fourth-order valence-corrected chi connectivity index (χ4v) is 1.26. The van der Waals surface area contributed by atoms with Gasteiger partial charge in [-0.1, -0.05) is 6.92 Å². The summed E-state index contributed by atoms with van der Waals surface area (Å²) in [6.45, 7) is 3.24. The van der Waals surface area contributed by atoms with Gasteiger partial charge in [0.25, 0.3) is 0 Å². The number of carbonyl (C=O) groups excluding carboxylic acids is 1. The molecule has 1 heterocycles. The van der Waals surface area contributed by atoms with Crippen LogP contribution in [0.2, 0.25) is 0 Å². The molecular weight excluding hydrogens is 172 g/mol. The molecule has 1 fully saturated rings. The lowest BCUT2D eigenvalue weighted by Gasteiger charge is -2.28.